The highest BCUT2D eigenvalue weighted by Gasteiger charge is 2.37. The van der Waals surface area contributed by atoms with Gasteiger partial charge >= 0.3 is 12.4 Å². The quantitative estimate of drug-likeness (QED) is 0.312. The molecular formula is C23H23F7NOP. The Bertz CT molecular complexity index is 1050. The standard InChI is InChI=1S/C23H23F7NOP/c1-4-9-21(3,14-5-7-17(18(24)11-14)23(28,29)30)33-19-8-6-15(22(25,26)27)10-16(19)20-31-13(2)12-32-20/h5-8,10-11,13,33H,4,9,12H2,1-3H3/t13-,21?/m0/s1. The molecule has 180 valence electrons. The Hall–Kier alpha value is -2.15. The Labute approximate surface area is 189 Å². The van der Waals surface area contributed by atoms with Gasteiger partial charge in [-0.25, -0.2) is 9.38 Å². The fourth-order valence-electron chi connectivity index (χ4n) is 3.79. The minimum absolute atomic E-state index is 0.105. The molecule has 2 nitrogen and oxygen atoms in total. The third-order valence-electron chi connectivity index (χ3n) is 5.45. The van der Waals surface area contributed by atoms with Crippen LogP contribution in [-0.2, 0) is 22.2 Å². The SMILES string of the molecule is CCCC(C)(Pc1ccc(C(F)(F)F)cc1C1=N[C@@H](C)CO1)c1ccc(C(F)(F)F)c(F)c1. The number of nitrogens with zero attached hydrogens (tertiary/aromatic N) is 1. The smallest absolute Gasteiger partial charge is 0.419 e. The number of hydrogen-bond donors (Lipinski definition) is 0. The van der Waals surface area contributed by atoms with E-state index in [2.05, 4.69) is 4.99 Å². The lowest BCUT2D eigenvalue weighted by molar-refractivity contribution is -0.140. The zero-order valence-corrected chi connectivity index (χ0v) is 19.2. The molecule has 3 atom stereocenters. The Kier molecular flexibility index (Phi) is 7.13. The average Bonchev–Trinajstić information content (AvgIpc) is 3.12. The second-order valence-corrected chi connectivity index (χ2v) is 10.1. The highest BCUT2D eigenvalue weighted by atomic mass is 31.1. The molecule has 2 aromatic rings. The normalized spacial score (nSPS) is 19.0. The van der Waals surface area contributed by atoms with Gasteiger partial charge in [0.05, 0.1) is 17.2 Å². The van der Waals surface area contributed by atoms with Gasteiger partial charge in [-0.05, 0) is 48.5 Å². The summed E-state index contributed by atoms with van der Waals surface area (Å²) in [4.78, 5) is 4.29. The molecule has 3 rings (SSSR count). The molecule has 0 amide bonds. The molecule has 0 fully saturated rings. The maximum atomic E-state index is 14.3. The molecule has 0 aliphatic carbocycles. The summed E-state index contributed by atoms with van der Waals surface area (Å²) in [6.45, 7) is 5.67. The van der Waals surface area contributed by atoms with E-state index in [4.69, 9.17) is 4.74 Å². The van der Waals surface area contributed by atoms with E-state index in [1.54, 1.807) is 13.8 Å². The van der Waals surface area contributed by atoms with Crippen LogP contribution in [0.2, 0.25) is 0 Å². The van der Waals surface area contributed by atoms with Crippen LogP contribution in [0.4, 0.5) is 30.7 Å². The van der Waals surface area contributed by atoms with Crippen molar-refractivity contribution in [1.29, 1.82) is 0 Å². The second-order valence-electron chi connectivity index (χ2n) is 8.25. The fourth-order valence-corrected chi connectivity index (χ4v) is 5.54. The van der Waals surface area contributed by atoms with Gasteiger partial charge in [0, 0.05) is 10.7 Å². The van der Waals surface area contributed by atoms with E-state index in [9.17, 15) is 30.7 Å². The zero-order chi connectivity index (χ0) is 24.6. The molecule has 0 bridgehead atoms. The average molecular weight is 493 g/mol. The molecule has 2 aromatic carbocycles. The van der Waals surface area contributed by atoms with Crippen molar-refractivity contribution in [2.75, 3.05) is 6.61 Å². The summed E-state index contributed by atoms with van der Waals surface area (Å²) in [6.07, 6.45) is -8.26. The maximum absolute atomic E-state index is 14.3. The first-order valence-corrected chi connectivity index (χ1v) is 11.3. The molecule has 0 radical (unpaired) electrons. The monoisotopic (exact) mass is 493 g/mol. The summed E-state index contributed by atoms with van der Waals surface area (Å²) in [5, 5.41) is -0.286. The van der Waals surface area contributed by atoms with Gasteiger partial charge in [-0.3, -0.25) is 0 Å². The first kappa shape index (κ1) is 25.5. The Morgan fingerprint density at radius 2 is 1.67 bits per heavy atom. The van der Waals surface area contributed by atoms with Crippen LogP contribution in [0.5, 0.6) is 0 Å². The van der Waals surface area contributed by atoms with Gasteiger partial charge < -0.3 is 4.74 Å². The minimum atomic E-state index is -4.82. The number of ether oxygens (including phenoxy) is 1. The highest BCUT2D eigenvalue weighted by molar-refractivity contribution is 7.48. The number of alkyl halides is 6. The van der Waals surface area contributed by atoms with Crippen LogP contribution in [0.3, 0.4) is 0 Å². The third-order valence-corrected chi connectivity index (χ3v) is 7.24. The van der Waals surface area contributed by atoms with Crippen molar-refractivity contribution < 1.29 is 35.5 Å². The lowest BCUT2D eigenvalue weighted by Crippen LogP contribution is -2.24. The van der Waals surface area contributed by atoms with Gasteiger partial charge in [0.15, 0.2) is 0 Å². The van der Waals surface area contributed by atoms with Crippen LogP contribution < -0.4 is 5.30 Å². The van der Waals surface area contributed by atoms with E-state index in [1.807, 2.05) is 6.92 Å². The molecule has 33 heavy (non-hydrogen) atoms. The molecular weight excluding hydrogens is 470 g/mol. The van der Waals surface area contributed by atoms with Gasteiger partial charge in [0.2, 0.25) is 5.90 Å². The summed E-state index contributed by atoms with van der Waals surface area (Å²) < 4.78 is 98.9. The molecule has 1 aliphatic rings. The van der Waals surface area contributed by atoms with Crippen LogP contribution in [0.1, 0.15) is 55.9 Å². The summed E-state index contributed by atoms with van der Waals surface area (Å²) >= 11 is 0. The van der Waals surface area contributed by atoms with Crippen molar-refractivity contribution in [1.82, 2.24) is 0 Å². The van der Waals surface area contributed by atoms with Crippen LogP contribution in [0, 0.1) is 5.82 Å². The summed E-state index contributed by atoms with van der Waals surface area (Å²) in [5.41, 5.74) is -1.66. The summed E-state index contributed by atoms with van der Waals surface area (Å²) in [6, 6.07) is 5.91. The van der Waals surface area contributed by atoms with Crippen LogP contribution >= 0.6 is 8.58 Å². The van der Waals surface area contributed by atoms with Gasteiger partial charge in [0.25, 0.3) is 0 Å². The van der Waals surface area contributed by atoms with Gasteiger partial charge in [-0.1, -0.05) is 41.0 Å². The number of hydrogen-bond acceptors (Lipinski definition) is 2. The number of rotatable bonds is 6. The van der Waals surface area contributed by atoms with Crippen molar-refractivity contribution in [2.45, 2.75) is 57.2 Å². The fraction of sp³-hybridized carbons (Fsp3) is 0.435. The lowest BCUT2D eigenvalue weighted by Gasteiger charge is -2.31. The predicted molar refractivity (Wildman–Crippen MR) is 115 cm³/mol. The van der Waals surface area contributed by atoms with Crippen LogP contribution in [0.25, 0.3) is 0 Å². The van der Waals surface area contributed by atoms with E-state index in [1.165, 1.54) is 12.1 Å². The largest absolute Gasteiger partial charge is 0.475 e. The van der Waals surface area contributed by atoms with Crippen molar-refractivity contribution in [3.63, 3.8) is 0 Å². The Morgan fingerprint density at radius 1 is 1.00 bits per heavy atom. The zero-order valence-electron chi connectivity index (χ0n) is 18.2. The highest BCUT2D eigenvalue weighted by Crippen LogP contribution is 2.47. The van der Waals surface area contributed by atoms with Crippen molar-refractivity contribution in [3.8, 4) is 0 Å². The predicted octanol–water partition coefficient (Wildman–Crippen LogP) is 7.05. The number of halogens is 7. The first-order valence-electron chi connectivity index (χ1n) is 10.3. The summed E-state index contributed by atoms with van der Waals surface area (Å²) in [7, 11) is -0.166. The van der Waals surface area contributed by atoms with E-state index < -0.39 is 34.5 Å². The molecule has 10 heteroatoms. The molecule has 1 aliphatic heterocycles. The molecule has 0 aromatic heterocycles. The maximum Gasteiger partial charge on any atom is 0.419 e. The molecule has 0 spiro atoms. The van der Waals surface area contributed by atoms with Gasteiger partial charge in [0.1, 0.15) is 12.4 Å². The summed E-state index contributed by atoms with van der Waals surface area (Å²) in [5.74, 6) is -1.27. The topological polar surface area (TPSA) is 21.6 Å². The van der Waals surface area contributed by atoms with E-state index >= 15 is 0 Å². The first-order chi connectivity index (χ1) is 15.2. The molecule has 1 heterocycles. The van der Waals surface area contributed by atoms with Crippen molar-refractivity contribution in [3.05, 3.63) is 64.5 Å². The van der Waals surface area contributed by atoms with E-state index in [-0.39, 0.29) is 32.7 Å². The Morgan fingerprint density at radius 3 is 2.18 bits per heavy atom. The molecule has 0 N–H and O–H groups in total. The Balaban J connectivity index is 2.08. The van der Waals surface area contributed by atoms with E-state index in [0.717, 1.165) is 18.2 Å². The van der Waals surface area contributed by atoms with Crippen molar-refractivity contribution >= 4 is 19.8 Å². The number of aliphatic imine (C=N–C) groups is 1. The lowest BCUT2D eigenvalue weighted by atomic mass is 9.94. The van der Waals surface area contributed by atoms with Crippen molar-refractivity contribution in [2.24, 2.45) is 4.99 Å². The molecule has 0 saturated heterocycles. The second kappa shape index (κ2) is 9.24. The third kappa shape index (κ3) is 5.68. The molecule has 0 saturated carbocycles. The molecule has 2 unspecified atom stereocenters. The number of benzene rings is 2. The van der Waals surface area contributed by atoms with Crippen LogP contribution in [-0.4, -0.2) is 18.5 Å². The minimum Gasteiger partial charge on any atom is -0.475 e. The van der Waals surface area contributed by atoms with Crippen LogP contribution in [0.15, 0.2) is 41.4 Å². The van der Waals surface area contributed by atoms with E-state index in [0.29, 0.717) is 29.8 Å². The van der Waals surface area contributed by atoms with Gasteiger partial charge in [-0.2, -0.15) is 26.3 Å². The van der Waals surface area contributed by atoms with Gasteiger partial charge in [-0.15, -0.1) is 0 Å².